The van der Waals surface area contributed by atoms with Crippen LogP contribution in [0.15, 0.2) is 70.9 Å². The van der Waals surface area contributed by atoms with Crippen molar-refractivity contribution in [2.75, 3.05) is 0 Å². The van der Waals surface area contributed by atoms with Crippen LogP contribution in [0.1, 0.15) is 42.1 Å². The smallest absolute Gasteiger partial charge is 0.238 e. The zero-order valence-electron chi connectivity index (χ0n) is 17.4. The molecular formula is C23H26N4O2S2. The van der Waals surface area contributed by atoms with Gasteiger partial charge in [-0.3, -0.25) is 5.32 Å². The molecule has 4 aromatic rings. The number of nitrogens with one attached hydrogen (secondary N) is 1. The maximum Gasteiger partial charge on any atom is 0.238 e. The second-order valence-corrected chi connectivity index (χ2v) is 10.0. The average Bonchev–Trinajstić information content (AvgIpc) is 3.40. The van der Waals surface area contributed by atoms with Crippen molar-refractivity contribution in [1.82, 2.24) is 14.9 Å². The molecule has 3 N–H and O–H groups in total. The Morgan fingerprint density at radius 1 is 1.13 bits per heavy atom. The predicted molar refractivity (Wildman–Crippen MR) is 125 cm³/mol. The number of hydrogen-bond acceptors (Lipinski definition) is 5. The Hall–Kier alpha value is -2.52. The lowest BCUT2D eigenvalue weighted by molar-refractivity contribution is 0.551. The van der Waals surface area contributed by atoms with Crippen molar-refractivity contribution >= 4 is 32.4 Å². The Bertz CT molecular complexity index is 1250. The summed E-state index contributed by atoms with van der Waals surface area (Å²) in [5.41, 5.74) is 2.76. The molecule has 162 valence electrons. The summed E-state index contributed by atoms with van der Waals surface area (Å²) in [7, 11) is -3.77. The van der Waals surface area contributed by atoms with E-state index in [-0.39, 0.29) is 10.9 Å². The first-order valence-corrected chi connectivity index (χ1v) is 12.7. The van der Waals surface area contributed by atoms with Gasteiger partial charge in [-0.15, -0.1) is 11.3 Å². The zero-order valence-corrected chi connectivity index (χ0v) is 19.0. The van der Waals surface area contributed by atoms with Crippen molar-refractivity contribution in [3.63, 3.8) is 0 Å². The molecule has 0 bridgehead atoms. The molecule has 0 unspecified atom stereocenters. The summed E-state index contributed by atoms with van der Waals surface area (Å²) in [6, 6.07) is 19.5. The molecule has 6 nitrogen and oxygen atoms in total. The molecule has 1 atom stereocenters. The van der Waals surface area contributed by atoms with Crippen LogP contribution in [0.25, 0.3) is 11.0 Å². The number of sulfonamides is 1. The number of benzene rings is 2. The first-order chi connectivity index (χ1) is 15.0. The Labute approximate surface area is 186 Å². The summed E-state index contributed by atoms with van der Waals surface area (Å²) in [6.07, 6.45) is 2.08. The molecule has 0 saturated carbocycles. The van der Waals surface area contributed by atoms with Gasteiger partial charge in [-0.25, -0.2) is 18.5 Å². The normalized spacial score (nSPS) is 13.0. The van der Waals surface area contributed by atoms with E-state index in [0.29, 0.717) is 12.1 Å². The fraction of sp³-hybridized carbons (Fsp3) is 0.261. The number of nitrogens with two attached hydrogens (primary N) is 1. The van der Waals surface area contributed by atoms with E-state index in [9.17, 15) is 8.42 Å². The number of imidazole rings is 1. The average molecular weight is 455 g/mol. The quantitative estimate of drug-likeness (QED) is 0.392. The molecular weight excluding hydrogens is 428 g/mol. The van der Waals surface area contributed by atoms with E-state index < -0.39 is 10.0 Å². The number of rotatable bonds is 9. The van der Waals surface area contributed by atoms with E-state index in [4.69, 9.17) is 10.1 Å². The predicted octanol–water partition coefficient (Wildman–Crippen LogP) is 4.42. The van der Waals surface area contributed by atoms with Gasteiger partial charge in [-0.2, -0.15) is 0 Å². The van der Waals surface area contributed by atoms with Gasteiger partial charge >= 0.3 is 0 Å². The van der Waals surface area contributed by atoms with Crippen molar-refractivity contribution in [1.29, 1.82) is 0 Å². The van der Waals surface area contributed by atoms with Crippen LogP contribution in [0, 0.1) is 0 Å². The van der Waals surface area contributed by atoms with Crippen LogP contribution >= 0.6 is 11.3 Å². The van der Waals surface area contributed by atoms with Crippen LogP contribution in [0.3, 0.4) is 0 Å². The van der Waals surface area contributed by atoms with Gasteiger partial charge in [-0.1, -0.05) is 49.7 Å². The van der Waals surface area contributed by atoms with Gasteiger partial charge in [0.15, 0.2) is 0 Å². The number of aryl methyl sites for hydroxylation is 1. The molecule has 0 aliphatic heterocycles. The Balaban J connectivity index is 1.68. The second kappa shape index (κ2) is 9.32. The maximum absolute atomic E-state index is 11.8. The first-order valence-electron chi connectivity index (χ1n) is 10.3. The van der Waals surface area contributed by atoms with Gasteiger partial charge in [0.25, 0.3) is 0 Å². The third-order valence-corrected chi connectivity index (χ3v) is 7.14. The highest BCUT2D eigenvalue weighted by Gasteiger charge is 2.18. The number of aromatic nitrogens is 2. The van der Waals surface area contributed by atoms with Crippen LogP contribution in [0.4, 0.5) is 0 Å². The number of hydrogen-bond donors (Lipinski definition) is 2. The number of thiophene rings is 1. The van der Waals surface area contributed by atoms with E-state index in [1.807, 2.05) is 18.2 Å². The Morgan fingerprint density at radius 3 is 2.61 bits per heavy atom. The third-order valence-electron chi connectivity index (χ3n) is 5.29. The molecule has 0 spiro atoms. The summed E-state index contributed by atoms with van der Waals surface area (Å²) in [4.78, 5) is 6.09. The van der Waals surface area contributed by atoms with E-state index in [0.717, 1.165) is 30.7 Å². The number of unbranched alkanes of at least 4 members (excludes halogenated alkanes) is 1. The molecule has 8 heteroatoms. The molecule has 31 heavy (non-hydrogen) atoms. The molecule has 0 saturated heterocycles. The number of primary sulfonamides is 1. The third kappa shape index (κ3) is 4.88. The molecule has 0 radical (unpaired) electrons. The lowest BCUT2D eigenvalue weighted by Gasteiger charge is -2.18. The topological polar surface area (TPSA) is 90.0 Å². The highest BCUT2D eigenvalue weighted by Crippen LogP contribution is 2.27. The van der Waals surface area contributed by atoms with E-state index in [2.05, 4.69) is 46.5 Å². The number of nitrogens with zero attached hydrogens (tertiary/aromatic N) is 2. The highest BCUT2D eigenvalue weighted by molar-refractivity contribution is 7.89. The van der Waals surface area contributed by atoms with Gasteiger partial charge in [0, 0.05) is 11.4 Å². The Morgan fingerprint density at radius 2 is 1.94 bits per heavy atom. The van der Waals surface area contributed by atoms with Crippen molar-refractivity contribution < 1.29 is 8.42 Å². The summed E-state index contributed by atoms with van der Waals surface area (Å²) in [5, 5.41) is 11.1. The summed E-state index contributed by atoms with van der Waals surface area (Å²) in [6.45, 7) is 3.53. The minimum Gasteiger partial charge on any atom is -0.327 e. The fourth-order valence-corrected chi connectivity index (χ4v) is 5.07. The van der Waals surface area contributed by atoms with Crippen LogP contribution in [-0.4, -0.2) is 18.0 Å². The van der Waals surface area contributed by atoms with Gasteiger partial charge in [0.1, 0.15) is 5.82 Å². The molecule has 0 fully saturated rings. The van der Waals surface area contributed by atoms with E-state index in [1.54, 1.807) is 29.5 Å². The lowest BCUT2D eigenvalue weighted by Crippen LogP contribution is -2.23. The summed E-state index contributed by atoms with van der Waals surface area (Å²) >= 11 is 1.72. The number of fused-ring (bicyclic) bond motifs is 1. The van der Waals surface area contributed by atoms with Crippen molar-refractivity contribution in [2.45, 2.75) is 43.8 Å². The summed E-state index contributed by atoms with van der Waals surface area (Å²) in [5.74, 6) is 0.882. The van der Waals surface area contributed by atoms with Gasteiger partial charge < -0.3 is 4.57 Å². The molecule has 0 aliphatic rings. The molecule has 2 heterocycles. The SMILES string of the molecule is CCCCn1c(CN[C@@H](c2ccccc2)c2cccs2)nc2cc(S(N)(=O)=O)ccc21. The molecule has 0 amide bonds. The van der Waals surface area contributed by atoms with E-state index in [1.165, 1.54) is 10.4 Å². The first kappa shape index (κ1) is 21.7. The lowest BCUT2D eigenvalue weighted by atomic mass is 10.1. The molecule has 2 aromatic carbocycles. The standard InChI is InChI=1S/C23H26N4O2S2/c1-2-3-13-27-20-12-11-18(31(24,28)29)15-19(20)26-22(27)16-25-23(21-10-7-14-30-21)17-8-5-4-6-9-17/h4-12,14-15,23,25H,2-3,13,16H2,1H3,(H2,24,28,29)/t23-/m0/s1. The minimum absolute atomic E-state index is 0.0561. The maximum atomic E-state index is 11.8. The molecule has 0 aliphatic carbocycles. The fourth-order valence-electron chi connectivity index (χ4n) is 3.71. The molecule has 2 aromatic heterocycles. The van der Waals surface area contributed by atoms with Crippen LogP contribution < -0.4 is 10.5 Å². The second-order valence-electron chi connectivity index (χ2n) is 7.47. The minimum atomic E-state index is -3.77. The van der Waals surface area contributed by atoms with Crippen molar-refractivity contribution in [3.05, 3.63) is 82.3 Å². The van der Waals surface area contributed by atoms with Gasteiger partial charge in [0.2, 0.25) is 10.0 Å². The largest absolute Gasteiger partial charge is 0.327 e. The van der Waals surface area contributed by atoms with Crippen LogP contribution in [-0.2, 0) is 23.1 Å². The summed E-state index contributed by atoms with van der Waals surface area (Å²) < 4.78 is 25.7. The van der Waals surface area contributed by atoms with Crippen molar-refractivity contribution in [3.8, 4) is 0 Å². The zero-order chi connectivity index (χ0) is 21.8. The van der Waals surface area contributed by atoms with Gasteiger partial charge in [-0.05, 0) is 41.6 Å². The van der Waals surface area contributed by atoms with E-state index >= 15 is 0 Å². The Kier molecular flexibility index (Phi) is 6.52. The monoisotopic (exact) mass is 454 g/mol. The van der Waals surface area contributed by atoms with Crippen LogP contribution in [0.5, 0.6) is 0 Å². The van der Waals surface area contributed by atoms with Crippen molar-refractivity contribution in [2.24, 2.45) is 5.14 Å². The van der Waals surface area contributed by atoms with Gasteiger partial charge in [0.05, 0.1) is 28.5 Å². The molecule has 4 rings (SSSR count). The van der Waals surface area contributed by atoms with Crippen LogP contribution in [0.2, 0.25) is 0 Å². The highest BCUT2D eigenvalue weighted by atomic mass is 32.2.